The van der Waals surface area contributed by atoms with E-state index in [1.807, 2.05) is 0 Å². The van der Waals surface area contributed by atoms with Gasteiger partial charge in [-0.15, -0.1) is 0 Å². The van der Waals surface area contributed by atoms with Crippen LogP contribution in [-0.2, 0) is 23.9 Å². The van der Waals surface area contributed by atoms with Gasteiger partial charge in [0.05, 0.1) is 18.7 Å². The van der Waals surface area contributed by atoms with E-state index in [9.17, 15) is 39.6 Å². The Hall–Kier alpha value is -3.39. The van der Waals surface area contributed by atoms with Crippen molar-refractivity contribution in [3.63, 3.8) is 0 Å². The number of carboxylic acids is 1. The summed E-state index contributed by atoms with van der Waals surface area (Å²) in [4.78, 5) is 53.3. The Labute approximate surface area is 200 Å². The van der Waals surface area contributed by atoms with E-state index in [0.29, 0.717) is 5.69 Å². The normalized spacial score (nSPS) is 27.9. The summed E-state index contributed by atoms with van der Waals surface area (Å²) in [6, 6.07) is 0.0356. The lowest BCUT2D eigenvalue weighted by Gasteiger charge is -2.30. The van der Waals surface area contributed by atoms with Crippen molar-refractivity contribution in [1.29, 1.82) is 0 Å². The number of allylic oxidation sites excluding steroid dienone is 1. The molecule has 13 nitrogen and oxygen atoms in total. The van der Waals surface area contributed by atoms with Crippen molar-refractivity contribution in [1.82, 2.24) is 15.2 Å². The number of aromatic hydroxyl groups is 1. The van der Waals surface area contributed by atoms with Crippen molar-refractivity contribution in [3.8, 4) is 5.75 Å². The number of rotatable bonds is 8. The number of aliphatic carboxylic acids is 1. The fraction of sp³-hybridized carbons (Fsp3) is 0.500. The van der Waals surface area contributed by atoms with Crippen LogP contribution in [0.3, 0.4) is 0 Å². The van der Waals surface area contributed by atoms with Crippen LogP contribution in [0, 0.1) is 5.92 Å². The minimum absolute atomic E-state index is 0.0242. The van der Waals surface area contributed by atoms with E-state index in [-0.39, 0.29) is 11.7 Å². The van der Waals surface area contributed by atoms with Crippen LogP contribution in [0.1, 0.15) is 31.9 Å². The van der Waals surface area contributed by atoms with Gasteiger partial charge < -0.3 is 36.2 Å². The molecule has 4 unspecified atom stereocenters. The number of carbonyl (C=O) groups is 4. The van der Waals surface area contributed by atoms with E-state index >= 15 is 0 Å². The standard InChI is InChI=1S/C22H28N4O9/c1-9(13-4-3-12(28)8-24-13)10(2)15(23)20(32)25-16(22(33)34)19-17(30)18(31)21(35-19)26-6-5-11(27)7-14(26)29/h3-6,8-10,15-19,21,28,30-31H,7,23H2,1-2H3,(H,25,32)(H,33,34)/t9?,10?,15?,16?,17-,18+,19-,21-/m1/s1. The van der Waals surface area contributed by atoms with E-state index in [4.69, 9.17) is 10.5 Å². The second kappa shape index (κ2) is 10.5. The van der Waals surface area contributed by atoms with Crippen molar-refractivity contribution in [2.45, 2.75) is 62.8 Å². The number of aromatic nitrogens is 1. The van der Waals surface area contributed by atoms with Gasteiger partial charge in [0.15, 0.2) is 18.1 Å². The van der Waals surface area contributed by atoms with Gasteiger partial charge in [-0.2, -0.15) is 0 Å². The number of ether oxygens (including phenoxy) is 1. The Bertz CT molecular complexity index is 1010. The van der Waals surface area contributed by atoms with E-state index in [1.54, 1.807) is 19.9 Å². The van der Waals surface area contributed by atoms with Crippen LogP contribution in [-0.4, -0.2) is 90.5 Å². The molecular weight excluding hydrogens is 464 g/mol. The molecule has 0 saturated carbocycles. The summed E-state index contributed by atoms with van der Waals surface area (Å²) in [7, 11) is 0. The molecule has 1 aromatic rings. The number of aliphatic hydroxyl groups is 2. The summed E-state index contributed by atoms with van der Waals surface area (Å²) in [5, 5.41) is 42.2. The number of nitrogens with one attached hydrogen (secondary N) is 1. The average Bonchev–Trinajstić information content (AvgIpc) is 3.10. The number of ketones is 1. The van der Waals surface area contributed by atoms with Gasteiger partial charge in [0.25, 0.3) is 0 Å². The molecule has 3 heterocycles. The van der Waals surface area contributed by atoms with Gasteiger partial charge in [-0.05, 0) is 24.1 Å². The molecule has 2 amide bonds. The second-order valence-electron chi connectivity index (χ2n) is 8.67. The smallest absolute Gasteiger partial charge is 0.329 e. The molecule has 0 bridgehead atoms. The predicted molar refractivity (Wildman–Crippen MR) is 117 cm³/mol. The topological polar surface area (TPSA) is 213 Å². The summed E-state index contributed by atoms with van der Waals surface area (Å²) in [6.45, 7) is 3.44. The van der Waals surface area contributed by atoms with Crippen molar-refractivity contribution in [2.75, 3.05) is 0 Å². The lowest BCUT2D eigenvalue weighted by Crippen LogP contribution is -2.57. The lowest BCUT2D eigenvalue weighted by atomic mass is 9.86. The Balaban J connectivity index is 1.72. The quantitative estimate of drug-likeness (QED) is 0.222. The summed E-state index contributed by atoms with van der Waals surface area (Å²) in [5.74, 6) is -4.42. The number of hydrogen-bond donors (Lipinski definition) is 6. The van der Waals surface area contributed by atoms with Crippen LogP contribution in [0.15, 0.2) is 30.6 Å². The Morgan fingerprint density at radius 3 is 2.49 bits per heavy atom. The number of amides is 2. The van der Waals surface area contributed by atoms with Crippen LogP contribution in [0.2, 0.25) is 0 Å². The zero-order valence-electron chi connectivity index (χ0n) is 19.0. The average molecular weight is 492 g/mol. The molecule has 7 N–H and O–H groups in total. The number of pyridine rings is 1. The van der Waals surface area contributed by atoms with E-state index in [0.717, 1.165) is 17.2 Å². The van der Waals surface area contributed by atoms with E-state index < -0.39 is 72.5 Å². The fourth-order valence-electron chi connectivity index (χ4n) is 3.98. The number of nitrogens with two attached hydrogens (primary N) is 1. The second-order valence-corrected chi connectivity index (χ2v) is 8.67. The zero-order valence-corrected chi connectivity index (χ0v) is 19.0. The summed E-state index contributed by atoms with van der Waals surface area (Å²) < 4.78 is 5.50. The van der Waals surface area contributed by atoms with E-state index in [1.165, 1.54) is 12.3 Å². The summed E-state index contributed by atoms with van der Waals surface area (Å²) in [6.07, 6.45) is -3.58. The molecule has 0 spiro atoms. The molecule has 13 heteroatoms. The zero-order chi connectivity index (χ0) is 26.0. The van der Waals surface area contributed by atoms with Gasteiger partial charge in [0.2, 0.25) is 11.8 Å². The number of aliphatic hydroxyl groups excluding tert-OH is 2. The van der Waals surface area contributed by atoms with Crippen LogP contribution in [0.4, 0.5) is 0 Å². The maximum atomic E-state index is 12.8. The van der Waals surface area contributed by atoms with Gasteiger partial charge in [0.1, 0.15) is 24.1 Å². The minimum atomic E-state index is -1.80. The number of nitrogens with zero attached hydrogens (tertiary/aromatic N) is 2. The Morgan fingerprint density at radius 2 is 1.91 bits per heavy atom. The van der Waals surface area contributed by atoms with Crippen LogP contribution >= 0.6 is 0 Å². The molecule has 2 aliphatic heterocycles. The van der Waals surface area contributed by atoms with Gasteiger partial charge >= 0.3 is 5.97 Å². The first-order chi connectivity index (χ1) is 16.4. The molecule has 35 heavy (non-hydrogen) atoms. The molecule has 3 rings (SSSR count). The first-order valence-electron chi connectivity index (χ1n) is 10.9. The lowest BCUT2D eigenvalue weighted by molar-refractivity contribution is -0.154. The maximum absolute atomic E-state index is 12.8. The minimum Gasteiger partial charge on any atom is -0.506 e. The fourth-order valence-corrected chi connectivity index (χ4v) is 3.98. The monoisotopic (exact) mass is 492 g/mol. The molecule has 190 valence electrons. The predicted octanol–water partition coefficient (Wildman–Crippen LogP) is -1.81. The Kier molecular flexibility index (Phi) is 7.85. The maximum Gasteiger partial charge on any atom is 0.329 e. The summed E-state index contributed by atoms with van der Waals surface area (Å²) >= 11 is 0. The van der Waals surface area contributed by atoms with Crippen LogP contribution in [0.5, 0.6) is 5.75 Å². The molecule has 1 saturated heterocycles. The van der Waals surface area contributed by atoms with Gasteiger partial charge in [-0.1, -0.05) is 13.8 Å². The number of hydrogen-bond acceptors (Lipinski definition) is 10. The molecule has 2 aliphatic rings. The highest BCUT2D eigenvalue weighted by Gasteiger charge is 2.52. The molecule has 1 fully saturated rings. The van der Waals surface area contributed by atoms with Gasteiger partial charge in [0, 0.05) is 17.8 Å². The van der Waals surface area contributed by atoms with Crippen molar-refractivity contribution in [2.24, 2.45) is 11.7 Å². The molecule has 0 aromatic carbocycles. The number of carboxylic acid groups (broad SMARTS) is 1. The molecule has 8 atom stereocenters. The SMILES string of the molecule is CC(c1ccc(O)cn1)C(C)C(N)C(=O)NC(C(=O)O)[C@H]1O[C@@H](N2C=CC(=O)CC2=O)[C@@H](O)[C@H]1O. The van der Waals surface area contributed by atoms with E-state index in [2.05, 4.69) is 10.3 Å². The van der Waals surface area contributed by atoms with Gasteiger partial charge in [-0.25, -0.2) is 4.79 Å². The highest BCUT2D eigenvalue weighted by molar-refractivity contribution is 6.06. The van der Waals surface area contributed by atoms with Crippen molar-refractivity contribution >= 4 is 23.6 Å². The highest BCUT2D eigenvalue weighted by Crippen LogP contribution is 2.29. The van der Waals surface area contributed by atoms with Crippen LogP contribution in [0.25, 0.3) is 0 Å². The van der Waals surface area contributed by atoms with Gasteiger partial charge in [-0.3, -0.25) is 24.3 Å². The third kappa shape index (κ3) is 5.48. The van der Waals surface area contributed by atoms with Crippen molar-refractivity contribution < 1.29 is 44.3 Å². The van der Waals surface area contributed by atoms with Crippen LogP contribution < -0.4 is 11.1 Å². The third-order valence-corrected chi connectivity index (χ3v) is 6.37. The molecular formula is C22H28N4O9. The Morgan fingerprint density at radius 1 is 1.23 bits per heavy atom. The third-order valence-electron chi connectivity index (χ3n) is 6.37. The number of carbonyl (C=O) groups excluding carboxylic acids is 3. The largest absolute Gasteiger partial charge is 0.506 e. The first kappa shape index (κ1) is 26.2. The first-order valence-corrected chi connectivity index (χ1v) is 10.9. The van der Waals surface area contributed by atoms with Crippen molar-refractivity contribution in [3.05, 3.63) is 36.3 Å². The molecule has 0 radical (unpaired) electrons. The molecule has 0 aliphatic carbocycles. The summed E-state index contributed by atoms with van der Waals surface area (Å²) in [5.41, 5.74) is 6.65. The highest BCUT2D eigenvalue weighted by atomic mass is 16.6. The molecule has 1 aromatic heterocycles.